The molecule has 0 aliphatic heterocycles. The molecule has 1 heterocycles. The molecule has 1 aromatic heterocycles. The van der Waals surface area contributed by atoms with Gasteiger partial charge in [0.2, 0.25) is 5.78 Å². The number of carbonyl (C=O) groups is 1. The quantitative estimate of drug-likeness (QED) is 0.740. The van der Waals surface area contributed by atoms with Gasteiger partial charge in [0, 0.05) is 10.5 Å². The van der Waals surface area contributed by atoms with Crippen LogP contribution in [0.1, 0.15) is 15.9 Å². The van der Waals surface area contributed by atoms with E-state index in [-0.39, 0.29) is 5.78 Å². The molecule has 2 aromatic rings. The SMILES string of the molecule is COc1cc(Br)c(C(=O)c2ccoc2Br)c(OC)c1. The highest BCUT2D eigenvalue weighted by molar-refractivity contribution is 9.10. The minimum absolute atomic E-state index is 0.202. The van der Waals surface area contributed by atoms with Gasteiger partial charge in [0.15, 0.2) is 4.67 Å². The lowest BCUT2D eigenvalue weighted by molar-refractivity contribution is 0.103. The molecule has 0 amide bonds. The van der Waals surface area contributed by atoms with Gasteiger partial charge in [-0.2, -0.15) is 0 Å². The van der Waals surface area contributed by atoms with Gasteiger partial charge in [-0.05, 0) is 44.0 Å². The molecule has 0 N–H and O–H groups in total. The Balaban J connectivity index is 2.56. The summed E-state index contributed by atoms with van der Waals surface area (Å²) in [6.07, 6.45) is 1.45. The third kappa shape index (κ3) is 2.69. The van der Waals surface area contributed by atoms with Gasteiger partial charge in [-0.15, -0.1) is 0 Å². The fourth-order valence-electron chi connectivity index (χ4n) is 1.65. The molecule has 19 heavy (non-hydrogen) atoms. The first-order valence-electron chi connectivity index (χ1n) is 5.27. The molecule has 0 bridgehead atoms. The van der Waals surface area contributed by atoms with Crippen molar-refractivity contribution in [1.82, 2.24) is 0 Å². The Kier molecular flexibility index (Phi) is 4.31. The first kappa shape index (κ1) is 14.1. The Morgan fingerprint density at radius 2 is 1.95 bits per heavy atom. The van der Waals surface area contributed by atoms with Crippen LogP contribution in [0.5, 0.6) is 11.5 Å². The molecule has 100 valence electrons. The van der Waals surface area contributed by atoms with Crippen LogP contribution in [0.2, 0.25) is 0 Å². The molecule has 2 rings (SSSR count). The van der Waals surface area contributed by atoms with Crippen molar-refractivity contribution < 1.29 is 18.7 Å². The van der Waals surface area contributed by atoms with Crippen LogP contribution in [0.3, 0.4) is 0 Å². The molecular weight excluding hydrogens is 380 g/mol. The molecule has 0 unspecified atom stereocenters. The van der Waals surface area contributed by atoms with E-state index in [2.05, 4.69) is 31.9 Å². The fourth-order valence-corrected chi connectivity index (χ4v) is 2.67. The van der Waals surface area contributed by atoms with E-state index in [9.17, 15) is 4.79 Å². The lowest BCUT2D eigenvalue weighted by atomic mass is 10.0. The summed E-state index contributed by atoms with van der Waals surface area (Å²) in [5, 5.41) is 0. The van der Waals surface area contributed by atoms with Crippen LogP contribution in [0.4, 0.5) is 0 Å². The number of halogens is 2. The van der Waals surface area contributed by atoms with E-state index in [1.54, 1.807) is 25.3 Å². The van der Waals surface area contributed by atoms with Crippen molar-refractivity contribution in [2.24, 2.45) is 0 Å². The topological polar surface area (TPSA) is 48.7 Å². The van der Waals surface area contributed by atoms with Crippen molar-refractivity contribution in [3.05, 3.63) is 44.7 Å². The Labute approximate surface area is 127 Å². The standard InChI is InChI=1S/C13H10Br2O4/c1-17-7-5-9(14)11(10(6-7)18-2)12(16)8-3-4-19-13(8)15/h3-6H,1-2H3. The van der Waals surface area contributed by atoms with E-state index >= 15 is 0 Å². The summed E-state index contributed by atoms with van der Waals surface area (Å²) >= 11 is 6.56. The Morgan fingerprint density at radius 1 is 1.21 bits per heavy atom. The van der Waals surface area contributed by atoms with Crippen molar-refractivity contribution in [1.29, 1.82) is 0 Å². The highest BCUT2D eigenvalue weighted by atomic mass is 79.9. The predicted molar refractivity (Wildman–Crippen MR) is 77.1 cm³/mol. The number of furan rings is 1. The minimum atomic E-state index is -0.202. The summed E-state index contributed by atoms with van der Waals surface area (Å²) < 4.78 is 16.5. The zero-order valence-corrected chi connectivity index (χ0v) is 13.4. The molecular formula is C13H10Br2O4. The lowest BCUT2D eigenvalue weighted by Gasteiger charge is -2.11. The van der Waals surface area contributed by atoms with E-state index in [4.69, 9.17) is 13.9 Å². The van der Waals surface area contributed by atoms with Crippen molar-refractivity contribution in [2.45, 2.75) is 0 Å². The van der Waals surface area contributed by atoms with Gasteiger partial charge in [0.25, 0.3) is 0 Å². The molecule has 0 radical (unpaired) electrons. The van der Waals surface area contributed by atoms with Gasteiger partial charge in [0.05, 0.1) is 31.6 Å². The van der Waals surface area contributed by atoms with Gasteiger partial charge in [0.1, 0.15) is 11.5 Å². The van der Waals surface area contributed by atoms with Crippen LogP contribution >= 0.6 is 31.9 Å². The number of rotatable bonds is 4. The summed E-state index contributed by atoms with van der Waals surface area (Å²) in [5.74, 6) is 0.836. The lowest BCUT2D eigenvalue weighted by Crippen LogP contribution is -2.05. The second kappa shape index (κ2) is 5.79. The van der Waals surface area contributed by atoms with Crippen molar-refractivity contribution in [3.8, 4) is 11.5 Å². The van der Waals surface area contributed by atoms with Gasteiger partial charge in [-0.1, -0.05) is 0 Å². The molecule has 0 fully saturated rings. The van der Waals surface area contributed by atoms with Gasteiger partial charge in [-0.3, -0.25) is 4.79 Å². The normalized spacial score (nSPS) is 10.3. The summed E-state index contributed by atoms with van der Waals surface area (Å²) in [7, 11) is 3.05. The molecule has 0 saturated carbocycles. The summed E-state index contributed by atoms with van der Waals surface area (Å²) in [4.78, 5) is 12.5. The van der Waals surface area contributed by atoms with Crippen molar-refractivity contribution in [2.75, 3.05) is 14.2 Å². The van der Waals surface area contributed by atoms with Crippen LogP contribution in [-0.4, -0.2) is 20.0 Å². The van der Waals surface area contributed by atoms with E-state index in [1.165, 1.54) is 13.4 Å². The molecule has 0 atom stereocenters. The molecule has 0 saturated heterocycles. The molecule has 0 aliphatic carbocycles. The monoisotopic (exact) mass is 388 g/mol. The molecule has 0 aliphatic rings. The third-order valence-electron chi connectivity index (χ3n) is 2.57. The fraction of sp³-hybridized carbons (Fsp3) is 0.154. The van der Waals surface area contributed by atoms with Crippen molar-refractivity contribution in [3.63, 3.8) is 0 Å². The second-order valence-corrected chi connectivity index (χ2v) is 5.20. The molecule has 0 spiro atoms. The maximum Gasteiger partial charge on any atom is 0.202 e. The van der Waals surface area contributed by atoms with Crippen LogP contribution in [0.15, 0.2) is 38.0 Å². The molecule has 1 aromatic carbocycles. The number of carbonyl (C=O) groups excluding carboxylic acids is 1. The van der Waals surface area contributed by atoms with Crippen LogP contribution in [-0.2, 0) is 0 Å². The highest BCUT2D eigenvalue weighted by Gasteiger charge is 2.22. The van der Waals surface area contributed by atoms with Gasteiger partial charge in [-0.25, -0.2) is 0 Å². The van der Waals surface area contributed by atoms with Crippen LogP contribution in [0.25, 0.3) is 0 Å². The second-order valence-electron chi connectivity index (χ2n) is 3.62. The summed E-state index contributed by atoms with van der Waals surface area (Å²) in [6.45, 7) is 0. The largest absolute Gasteiger partial charge is 0.497 e. The number of methoxy groups -OCH3 is 2. The first-order valence-corrected chi connectivity index (χ1v) is 6.86. The predicted octanol–water partition coefficient (Wildman–Crippen LogP) is 4.05. The average molecular weight is 390 g/mol. The summed E-state index contributed by atoms with van der Waals surface area (Å²) in [5.41, 5.74) is 0.856. The van der Waals surface area contributed by atoms with Gasteiger partial charge < -0.3 is 13.9 Å². The Hall–Kier alpha value is -1.27. The summed E-state index contributed by atoms with van der Waals surface area (Å²) in [6, 6.07) is 4.97. The van der Waals surface area contributed by atoms with E-state index in [0.717, 1.165) is 0 Å². The average Bonchev–Trinajstić information content (AvgIpc) is 2.83. The maximum absolute atomic E-state index is 12.5. The highest BCUT2D eigenvalue weighted by Crippen LogP contribution is 2.35. The van der Waals surface area contributed by atoms with E-state index in [1.807, 2.05) is 0 Å². The number of benzene rings is 1. The minimum Gasteiger partial charge on any atom is -0.497 e. The van der Waals surface area contributed by atoms with E-state index < -0.39 is 0 Å². The zero-order chi connectivity index (χ0) is 14.0. The maximum atomic E-state index is 12.5. The first-order chi connectivity index (χ1) is 9.08. The number of hydrogen-bond acceptors (Lipinski definition) is 4. The van der Waals surface area contributed by atoms with Gasteiger partial charge >= 0.3 is 0 Å². The Bertz CT molecular complexity index is 619. The van der Waals surface area contributed by atoms with Crippen LogP contribution in [0, 0.1) is 0 Å². The number of hydrogen-bond donors (Lipinski definition) is 0. The smallest absolute Gasteiger partial charge is 0.202 e. The Morgan fingerprint density at radius 3 is 2.47 bits per heavy atom. The van der Waals surface area contributed by atoms with Crippen molar-refractivity contribution >= 4 is 37.6 Å². The van der Waals surface area contributed by atoms with Crippen LogP contribution < -0.4 is 9.47 Å². The number of ether oxygens (including phenoxy) is 2. The zero-order valence-electron chi connectivity index (χ0n) is 10.2. The third-order valence-corrected chi connectivity index (χ3v) is 3.81. The molecule has 4 nitrogen and oxygen atoms in total. The van der Waals surface area contributed by atoms with E-state index in [0.29, 0.717) is 31.8 Å². The number of ketones is 1. The molecule has 6 heteroatoms.